The third-order valence-corrected chi connectivity index (χ3v) is 4.98. The molecule has 0 aliphatic carbocycles. The fraction of sp³-hybridized carbons (Fsp3) is 0.882. The van der Waals surface area contributed by atoms with E-state index in [0.717, 1.165) is 52.1 Å². The van der Waals surface area contributed by atoms with Crippen LogP contribution in [0.25, 0.3) is 0 Å². The second-order valence-electron chi connectivity index (χ2n) is 6.97. The van der Waals surface area contributed by atoms with Gasteiger partial charge in [0.2, 0.25) is 5.91 Å². The first-order valence-electron chi connectivity index (χ1n) is 8.71. The van der Waals surface area contributed by atoms with Crippen molar-refractivity contribution in [2.75, 3.05) is 52.9 Å². The lowest BCUT2D eigenvalue weighted by Gasteiger charge is -2.39. The summed E-state index contributed by atoms with van der Waals surface area (Å²) >= 11 is 0. The number of nitrogens with zero attached hydrogens (tertiary/aromatic N) is 4. The van der Waals surface area contributed by atoms with Crippen LogP contribution in [0.15, 0.2) is 0 Å². The maximum atomic E-state index is 12.5. The van der Waals surface area contributed by atoms with E-state index in [4.69, 9.17) is 4.74 Å². The van der Waals surface area contributed by atoms with Crippen molar-refractivity contribution in [1.29, 1.82) is 5.26 Å². The zero-order chi connectivity index (χ0) is 16.8. The van der Waals surface area contributed by atoms with Crippen LogP contribution in [0.4, 0.5) is 0 Å². The van der Waals surface area contributed by atoms with Gasteiger partial charge >= 0.3 is 0 Å². The normalized spacial score (nSPS) is 25.3. The van der Waals surface area contributed by atoms with E-state index < -0.39 is 0 Å². The molecule has 23 heavy (non-hydrogen) atoms. The van der Waals surface area contributed by atoms with Crippen LogP contribution in [0.2, 0.25) is 0 Å². The highest BCUT2D eigenvalue weighted by molar-refractivity contribution is 5.78. The van der Waals surface area contributed by atoms with Crippen LogP contribution in [0.1, 0.15) is 26.7 Å². The van der Waals surface area contributed by atoms with E-state index in [2.05, 4.69) is 29.7 Å². The third-order valence-electron chi connectivity index (χ3n) is 4.98. The van der Waals surface area contributed by atoms with E-state index in [1.54, 1.807) is 7.11 Å². The van der Waals surface area contributed by atoms with E-state index in [-0.39, 0.29) is 18.1 Å². The van der Waals surface area contributed by atoms with Crippen molar-refractivity contribution >= 4 is 5.91 Å². The monoisotopic (exact) mass is 322 g/mol. The predicted octanol–water partition coefficient (Wildman–Crippen LogP) is 0.790. The van der Waals surface area contributed by atoms with Gasteiger partial charge in [-0.15, -0.1) is 0 Å². The van der Waals surface area contributed by atoms with Gasteiger partial charge in [0.25, 0.3) is 0 Å². The summed E-state index contributed by atoms with van der Waals surface area (Å²) in [5.74, 6) is 0.529. The van der Waals surface area contributed by atoms with Crippen LogP contribution in [-0.4, -0.2) is 85.7 Å². The molecule has 2 heterocycles. The summed E-state index contributed by atoms with van der Waals surface area (Å²) in [5.41, 5.74) is 0. The molecule has 0 unspecified atom stereocenters. The van der Waals surface area contributed by atoms with Crippen LogP contribution in [0.3, 0.4) is 0 Å². The minimum absolute atomic E-state index is 0.0446. The van der Waals surface area contributed by atoms with Crippen molar-refractivity contribution < 1.29 is 9.53 Å². The van der Waals surface area contributed by atoms with Crippen LogP contribution < -0.4 is 0 Å². The van der Waals surface area contributed by atoms with Crippen molar-refractivity contribution in [1.82, 2.24) is 14.7 Å². The molecule has 0 bridgehead atoms. The van der Waals surface area contributed by atoms with Crippen molar-refractivity contribution in [3.63, 3.8) is 0 Å². The Morgan fingerprint density at radius 1 is 1.26 bits per heavy atom. The molecule has 1 amide bonds. The molecule has 0 N–H and O–H groups in total. The minimum atomic E-state index is -0.0446. The van der Waals surface area contributed by atoms with Gasteiger partial charge in [0.05, 0.1) is 18.7 Å². The molecule has 0 radical (unpaired) electrons. The predicted molar refractivity (Wildman–Crippen MR) is 88.9 cm³/mol. The number of hydrogen-bond donors (Lipinski definition) is 0. The summed E-state index contributed by atoms with van der Waals surface area (Å²) < 4.78 is 5.42. The number of carbonyl (C=O) groups excluding carboxylic acids is 1. The molecule has 2 saturated heterocycles. The molecule has 6 nitrogen and oxygen atoms in total. The average Bonchev–Trinajstić information content (AvgIpc) is 2.56. The molecular weight excluding hydrogens is 292 g/mol. The van der Waals surface area contributed by atoms with Crippen LogP contribution in [0.5, 0.6) is 0 Å². The molecule has 6 heteroatoms. The summed E-state index contributed by atoms with van der Waals surface area (Å²) in [6.07, 6.45) is 2.44. The molecule has 0 spiro atoms. The van der Waals surface area contributed by atoms with Crippen molar-refractivity contribution in [3.8, 4) is 6.07 Å². The highest BCUT2D eigenvalue weighted by Crippen LogP contribution is 2.15. The Kier molecular flexibility index (Phi) is 6.82. The van der Waals surface area contributed by atoms with E-state index in [9.17, 15) is 10.1 Å². The average molecular weight is 322 g/mol. The van der Waals surface area contributed by atoms with Gasteiger partial charge in [-0.2, -0.15) is 5.26 Å². The molecule has 2 aliphatic rings. The summed E-state index contributed by atoms with van der Waals surface area (Å²) in [5, 5.41) is 9.30. The molecule has 2 fully saturated rings. The van der Waals surface area contributed by atoms with Gasteiger partial charge < -0.3 is 9.64 Å². The number of ether oxygens (including phenoxy) is 1. The Hall–Kier alpha value is -1.16. The molecule has 0 aromatic rings. The lowest BCUT2D eigenvalue weighted by molar-refractivity contribution is -0.135. The number of piperazine rings is 1. The summed E-state index contributed by atoms with van der Waals surface area (Å²) in [4.78, 5) is 18.9. The number of carbonyl (C=O) groups is 1. The van der Waals surface area contributed by atoms with Crippen molar-refractivity contribution in [2.45, 2.75) is 38.8 Å². The fourth-order valence-electron chi connectivity index (χ4n) is 3.54. The van der Waals surface area contributed by atoms with Crippen LogP contribution >= 0.6 is 0 Å². The lowest BCUT2D eigenvalue weighted by Crippen LogP contribution is -2.55. The van der Waals surface area contributed by atoms with Crippen molar-refractivity contribution in [3.05, 3.63) is 0 Å². The number of amides is 1. The molecule has 0 aromatic carbocycles. The smallest absolute Gasteiger partial charge is 0.236 e. The first kappa shape index (κ1) is 18.2. The Labute approximate surface area is 140 Å². The van der Waals surface area contributed by atoms with Gasteiger partial charge in [-0.05, 0) is 25.3 Å². The first-order chi connectivity index (χ1) is 11.0. The largest absolute Gasteiger partial charge is 0.380 e. The first-order valence-corrected chi connectivity index (χ1v) is 8.71. The Morgan fingerprint density at radius 3 is 2.52 bits per heavy atom. The third kappa shape index (κ3) is 4.90. The quantitative estimate of drug-likeness (QED) is 0.749. The van der Waals surface area contributed by atoms with E-state index in [1.165, 1.54) is 0 Å². The van der Waals surface area contributed by atoms with E-state index in [0.29, 0.717) is 12.5 Å². The van der Waals surface area contributed by atoms with Gasteiger partial charge in [0, 0.05) is 39.8 Å². The van der Waals surface area contributed by atoms with Gasteiger partial charge in [0.1, 0.15) is 6.04 Å². The zero-order valence-corrected chi connectivity index (χ0v) is 14.7. The topological polar surface area (TPSA) is 59.8 Å². The second-order valence-corrected chi connectivity index (χ2v) is 6.97. The number of piperidine rings is 1. The van der Waals surface area contributed by atoms with Crippen LogP contribution in [-0.2, 0) is 9.53 Å². The van der Waals surface area contributed by atoms with Gasteiger partial charge in [-0.3, -0.25) is 14.6 Å². The summed E-state index contributed by atoms with van der Waals surface area (Å²) in [7, 11) is 1.75. The number of likely N-dealkylation sites (tertiary alicyclic amines) is 1. The summed E-state index contributed by atoms with van der Waals surface area (Å²) in [6.45, 7) is 9.53. The number of hydrogen-bond acceptors (Lipinski definition) is 5. The maximum absolute atomic E-state index is 12.5. The zero-order valence-electron chi connectivity index (χ0n) is 14.7. The molecule has 0 saturated carbocycles. The fourth-order valence-corrected chi connectivity index (χ4v) is 3.54. The van der Waals surface area contributed by atoms with Gasteiger partial charge in [-0.1, -0.05) is 13.8 Å². The molecule has 2 aliphatic heterocycles. The molecule has 130 valence electrons. The molecule has 2 rings (SSSR count). The molecule has 0 aromatic heterocycles. The van der Waals surface area contributed by atoms with Crippen LogP contribution in [0, 0.1) is 17.2 Å². The van der Waals surface area contributed by atoms with Crippen molar-refractivity contribution in [2.24, 2.45) is 5.92 Å². The Morgan fingerprint density at radius 2 is 1.96 bits per heavy atom. The minimum Gasteiger partial charge on any atom is -0.380 e. The van der Waals surface area contributed by atoms with E-state index in [1.807, 2.05) is 4.90 Å². The SMILES string of the molecule is CO[C@H]1CCCN(CC(=O)N2CCN([C@@H](C#N)C(C)C)CC2)C1. The second kappa shape index (κ2) is 8.62. The molecule has 2 atom stereocenters. The summed E-state index contributed by atoms with van der Waals surface area (Å²) in [6, 6.07) is 2.35. The number of rotatable bonds is 5. The maximum Gasteiger partial charge on any atom is 0.236 e. The highest BCUT2D eigenvalue weighted by atomic mass is 16.5. The van der Waals surface area contributed by atoms with Gasteiger partial charge in [0.15, 0.2) is 0 Å². The number of nitriles is 1. The lowest BCUT2D eigenvalue weighted by atomic mass is 10.0. The standard InChI is InChI=1S/C17H30N4O2/c1-14(2)16(11-18)20-7-9-21(10-8-20)17(22)13-19-6-4-5-15(12-19)23-3/h14-16H,4-10,12-13H2,1-3H3/t15-,16-/m0/s1. The molecular formula is C17H30N4O2. The highest BCUT2D eigenvalue weighted by Gasteiger charge is 2.29. The Bertz CT molecular complexity index is 427. The van der Waals surface area contributed by atoms with Gasteiger partial charge in [-0.25, -0.2) is 0 Å². The van der Waals surface area contributed by atoms with E-state index >= 15 is 0 Å². The number of methoxy groups -OCH3 is 1. The Balaban J connectivity index is 1.78.